The minimum absolute atomic E-state index is 0.0821. The molecule has 1 aliphatic heterocycles. The van der Waals surface area contributed by atoms with Crippen LogP contribution < -0.4 is 0 Å². The Morgan fingerprint density at radius 2 is 1.24 bits per heavy atom. The Kier molecular flexibility index (Phi) is 10.3. The number of aliphatic hydroxyl groups excluding tert-OH is 1. The van der Waals surface area contributed by atoms with E-state index in [2.05, 4.69) is 0 Å². The number of fused-ring (bicyclic) bond motifs is 3. The molecular formula is C44H44O14. The number of ether oxygens (including phenoxy) is 6. The summed E-state index contributed by atoms with van der Waals surface area (Å²) in [6.07, 6.45) is -10.0. The molecule has 0 radical (unpaired) electrons. The molecule has 0 amide bonds. The zero-order valence-corrected chi connectivity index (χ0v) is 32.5. The molecule has 3 fully saturated rings. The van der Waals surface area contributed by atoms with E-state index in [1.165, 1.54) is 31.2 Å². The second-order valence-electron chi connectivity index (χ2n) is 16.0. The highest BCUT2D eigenvalue weighted by Gasteiger charge is 2.79. The second kappa shape index (κ2) is 14.8. The summed E-state index contributed by atoms with van der Waals surface area (Å²) in [6, 6.07) is 23.9. The summed E-state index contributed by atoms with van der Waals surface area (Å²) in [5.74, 6) is -6.13. The van der Waals surface area contributed by atoms with Crippen LogP contribution in [0.25, 0.3) is 0 Å². The van der Waals surface area contributed by atoms with E-state index >= 15 is 4.79 Å². The highest BCUT2D eigenvalue weighted by molar-refractivity contribution is 5.98. The van der Waals surface area contributed by atoms with Crippen molar-refractivity contribution in [2.45, 2.75) is 89.2 Å². The van der Waals surface area contributed by atoms with E-state index in [-0.39, 0.29) is 28.7 Å². The summed E-state index contributed by atoms with van der Waals surface area (Å²) in [5, 5.41) is 24.0. The van der Waals surface area contributed by atoms with Crippen molar-refractivity contribution in [3.05, 3.63) is 119 Å². The van der Waals surface area contributed by atoms with Crippen LogP contribution in [0.3, 0.4) is 0 Å². The molecule has 1 saturated heterocycles. The van der Waals surface area contributed by atoms with Gasteiger partial charge in [-0.3, -0.25) is 9.59 Å². The molecule has 14 nitrogen and oxygen atoms in total. The number of carbonyl (C=O) groups excluding carboxylic acids is 6. The third-order valence-electron chi connectivity index (χ3n) is 12.6. The Labute approximate surface area is 334 Å². The highest BCUT2D eigenvalue weighted by atomic mass is 16.8. The summed E-state index contributed by atoms with van der Waals surface area (Å²) in [4.78, 5) is 84.0. The number of rotatable bonds is 8. The summed E-state index contributed by atoms with van der Waals surface area (Å²) in [5.41, 5.74) is -7.43. The van der Waals surface area contributed by atoms with Gasteiger partial charge in [0.05, 0.1) is 34.6 Å². The van der Waals surface area contributed by atoms with Crippen molar-refractivity contribution in [3.8, 4) is 0 Å². The molecule has 0 aromatic heterocycles. The van der Waals surface area contributed by atoms with Crippen molar-refractivity contribution >= 4 is 35.8 Å². The second-order valence-corrected chi connectivity index (χ2v) is 16.0. The average Bonchev–Trinajstić information content (AvgIpc) is 3.54. The van der Waals surface area contributed by atoms with Gasteiger partial charge in [0.15, 0.2) is 23.6 Å². The maximum atomic E-state index is 15.9. The predicted molar refractivity (Wildman–Crippen MR) is 201 cm³/mol. The Balaban J connectivity index is 1.50. The molecule has 2 saturated carbocycles. The van der Waals surface area contributed by atoms with Crippen molar-refractivity contribution in [1.82, 2.24) is 0 Å². The maximum absolute atomic E-state index is 15.9. The van der Waals surface area contributed by atoms with Crippen LogP contribution in [-0.4, -0.2) is 94.4 Å². The summed E-state index contributed by atoms with van der Waals surface area (Å²) < 4.78 is 36.3. The number of hydrogen-bond acceptors (Lipinski definition) is 14. The highest BCUT2D eigenvalue weighted by Crippen LogP contribution is 2.65. The van der Waals surface area contributed by atoms with Gasteiger partial charge in [-0.15, -0.1) is 0 Å². The van der Waals surface area contributed by atoms with E-state index in [0.717, 1.165) is 6.92 Å². The zero-order chi connectivity index (χ0) is 41.8. The Hall–Kier alpha value is -5.86. The number of ketones is 1. The van der Waals surface area contributed by atoms with Crippen LogP contribution in [0.5, 0.6) is 0 Å². The van der Waals surface area contributed by atoms with E-state index in [9.17, 15) is 34.2 Å². The topological polar surface area (TPSA) is 198 Å². The van der Waals surface area contributed by atoms with Gasteiger partial charge >= 0.3 is 30.0 Å². The summed E-state index contributed by atoms with van der Waals surface area (Å²) in [7, 11) is 0. The molecular weight excluding hydrogens is 752 g/mol. The van der Waals surface area contributed by atoms with E-state index in [1.807, 2.05) is 0 Å². The van der Waals surface area contributed by atoms with E-state index in [4.69, 9.17) is 28.4 Å². The minimum Gasteiger partial charge on any atom is -0.459 e. The lowest BCUT2D eigenvalue weighted by Crippen LogP contribution is -2.77. The van der Waals surface area contributed by atoms with Crippen molar-refractivity contribution in [1.29, 1.82) is 0 Å². The van der Waals surface area contributed by atoms with Crippen LogP contribution in [0.15, 0.2) is 102 Å². The quantitative estimate of drug-likeness (QED) is 0.176. The lowest BCUT2D eigenvalue weighted by atomic mass is 9.45. The number of Topliss-reactive ketones (excluding diaryl/α,β-unsaturated/α-hetero) is 1. The van der Waals surface area contributed by atoms with Crippen LogP contribution >= 0.6 is 0 Å². The predicted octanol–water partition coefficient (Wildman–Crippen LogP) is 4.95. The normalized spacial score (nSPS) is 32.2. The first-order chi connectivity index (χ1) is 27.5. The first-order valence-corrected chi connectivity index (χ1v) is 18.9. The Morgan fingerprint density at radius 1 is 0.741 bits per heavy atom. The molecule has 4 aliphatic rings. The van der Waals surface area contributed by atoms with Crippen molar-refractivity contribution < 1.29 is 67.4 Å². The fourth-order valence-electron chi connectivity index (χ4n) is 9.64. The van der Waals surface area contributed by atoms with Gasteiger partial charge in [-0.2, -0.15) is 0 Å². The molecule has 14 heteroatoms. The molecule has 1 spiro atoms. The molecule has 3 aromatic rings. The fourth-order valence-corrected chi connectivity index (χ4v) is 9.64. The average molecular weight is 797 g/mol. The third kappa shape index (κ3) is 6.34. The van der Waals surface area contributed by atoms with E-state index in [0.29, 0.717) is 5.57 Å². The molecule has 2 N–H and O–H groups in total. The molecule has 2 bridgehead atoms. The number of benzene rings is 3. The van der Waals surface area contributed by atoms with Crippen molar-refractivity contribution in [2.75, 3.05) is 6.61 Å². The molecule has 7 rings (SSSR count). The smallest absolute Gasteiger partial charge is 0.459 e. The first-order valence-electron chi connectivity index (χ1n) is 18.9. The molecule has 3 aliphatic carbocycles. The third-order valence-corrected chi connectivity index (χ3v) is 12.6. The molecule has 3 aromatic carbocycles. The summed E-state index contributed by atoms with van der Waals surface area (Å²) >= 11 is 0. The van der Waals surface area contributed by atoms with Crippen LogP contribution in [0.2, 0.25) is 0 Å². The van der Waals surface area contributed by atoms with Gasteiger partial charge in [-0.05, 0) is 61.4 Å². The molecule has 304 valence electrons. The van der Waals surface area contributed by atoms with Crippen LogP contribution in [0, 0.1) is 16.7 Å². The van der Waals surface area contributed by atoms with Crippen molar-refractivity contribution in [3.63, 3.8) is 0 Å². The van der Waals surface area contributed by atoms with Gasteiger partial charge in [0, 0.05) is 25.2 Å². The maximum Gasteiger partial charge on any atom is 0.509 e. The largest absolute Gasteiger partial charge is 0.509 e. The van der Waals surface area contributed by atoms with Crippen LogP contribution in [0.1, 0.15) is 78.5 Å². The van der Waals surface area contributed by atoms with Gasteiger partial charge in [-0.1, -0.05) is 68.4 Å². The SMILES string of the molecule is CC(=O)O[C@H]1C[C@@H](OC(=O)c2ccccc2)[C@@]2(C)C(=O)[C@@H](OC(=O)c3ccccc3)C3=C(C)[C@H](OC(=O)c4ccccc4)C[C@]4(OC(=O)O[C@@H]4[C@@H]2[C@]1(O)CO)C3(C)C. The summed E-state index contributed by atoms with van der Waals surface area (Å²) in [6.45, 7) is 6.21. The standard InChI is InChI=1S/C44H44O14/c1-24-29(54-37(48)26-15-9-6-10-16-26)22-44-36(57-40(51)58-44)34-42(5,35(47)33(32(24)41(44,3)4)56-39(50)28-19-13-8-14-20-28)30(55-38(49)27-17-11-7-12-18-27)21-31(53-25(2)46)43(34,52)23-45/h6-20,29-31,33-34,36,45,52H,21-23H2,1-5H3/t29-,30-,31+,33+,34+,36-,42-,43+,44-/m1/s1. The van der Waals surface area contributed by atoms with Gasteiger partial charge in [0.2, 0.25) is 0 Å². The number of carbonyl (C=O) groups is 6. The minimum atomic E-state index is -2.59. The van der Waals surface area contributed by atoms with Crippen LogP contribution in [-0.2, 0) is 38.0 Å². The van der Waals surface area contributed by atoms with Crippen LogP contribution in [0.4, 0.5) is 4.79 Å². The van der Waals surface area contributed by atoms with Crippen molar-refractivity contribution in [2.24, 2.45) is 16.7 Å². The first kappa shape index (κ1) is 40.3. The molecule has 0 unspecified atom stereocenters. The lowest BCUT2D eigenvalue weighted by Gasteiger charge is -2.62. The lowest BCUT2D eigenvalue weighted by molar-refractivity contribution is -0.268. The molecule has 1 heterocycles. The van der Waals surface area contributed by atoms with Gasteiger partial charge in [-0.25, -0.2) is 19.2 Å². The monoisotopic (exact) mass is 796 g/mol. The van der Waals surface area contributed by atoms with Gasteiger partial charge < -0.3 is 38.6 Å². The van der Waals surface area contributed by atoms with Gasteiger partial charge in [0.25, 0.3) is 0 Å². The Morgan fingerprint density at radius 3 is 1.74 bits per heavy atom. The zero-order valence-electron chi connectivity index (χ0n) is 32.5. The number of aliphatic hydroxyl groups is 2. The Bertz CT molecular complexity index is 2170. The number of hydrogen-bond donors (Lipinski definition) is 2. The fraction of sp³-hybridized carbons (Fsp3) is 0.409. The number of esters is 4. The molecule has 58 heavy (non-hydrogen) atoms. The van der Waals surface area contributed by atoms with Gasteiger partial charge in [0.1, 0.15) is 23.9 Å². The van der Waals surface area contributed by atoms with E-state index < -0.39 is 107 Å². The molecule has 9 atom stereocenters. The van der Waals surface area contributed by atoms with E-state index in [1.54, 1.807) is 87.5 Å².